The number of hydrogen-bond acceptors (Lipinski definition) is 6. The summed E-state index contributed by atoms with van der Waals surface area (Å²) >= 11 is 1.62. The van der Waals surface area contributed by atoms with Gasteiger partial charge in [-0.1, -0.05) is 18.2 Å². The van der Waals surface area contributed by atoms with Crippen molar-refractivity contribution in [2.45, 2.75) is 31.7 Å². The lowest BCUT2D eigenvalue weighted by Crippen LogP contribution is -2.49. The largest absolute Gasteiger partial charge is 0.371 e. The standard InChI is InChI=1S/C27H39N5O2S/c1-29(2)12-6-13-30-16-18-32(19-17-30)27(34)24-8-3-4-9-25(24)31-14-10-22(11-15-31)28-26(33)21-23-7-5-20-35-23/h3-5,7-9,20,22H,6,10-19,21H2,1-2H3,(H,28,33). The van der Waals surface area contributed by atoms with Gasteiger partial charge < -0.3 is 20.0 Å². The molecule has 2 aromatic rings. The van der Waals surface area contributed by atoms with E-state index < -0.39 is 0 Å². The van der Waals surface area contributed by atoms with E-state index in [0.29, 0.717) is 6.42 Å². The summed E-state index contributed by atoms with van der Waals surface area (Å²) in [4.78, 5) is 36.0. The van der Waals surface area contributed by atoms with E-state index in [1.165, 1.54) is 0 Å². The summed E-state index contributed by atoms with van der Waals surface area (Å²) in [6, 6.07) is 12.2. The second-order valence-electron chi connectivity index (χ2n) is 9.89. The Morgan fingerprint density at radius 1 is 1.00 bits per heavy atom. The van der Waals surface area contributed by atoms with Crippen LogP contribution in [-0.2, 0) is 11.2 Å². The number of hydrogen-bond donors (Lipinski definition) is 1. The van der Waals surface area contributed by atoms with Crippen LogP contribution in [0.1, 0.15) is 34.5 Å². The highest BCUT2D eigenvalue weighted by atomic mass is 32.1. The van der Waals surface area contributed by atoms with Crippen molar-refractivity contribution >= 4 is 28.8 Å². The number of benzene rings is 1. The lowest BCUT2D eigenvalue weighted by atomic mass is 10.0. The fourth-order valence-electron chi connectivity index (χ4n) is 5.00. The molecule has 2 amide bonds. The molecule has 2 fully saturated rings. The van der Waals surface area contributed by atoms with E-state index in [-0.39, 0.29) is 17.9 Å². The maximum Gasteiger partial charge on any atom is 0.256 e. The van der Waals surface area contributed by atoms with Gasteiger partial charge in [0.1, 0.15) is 0 Å². The smallest absolute Gasteiger partial charge is 0.256 e. The maximum atomic E-state index is 13.5. The zero-order valence-corrected chi connectivity index (χ0v) is 21.9. The molecule has 1 N–H and O–H groups in total. The van der Waals surface area contributed by atoms with Crippen LogP contribution in [0.4, 0.5) is 5.69 Å². The lowest BCUT2D eigenvalue weighted by Gasteiger charge is -2.37. The molecule has 2 aliphatic rings. The van der Waals surface area contributed by atoms with Crippen molar-refractivity contribution in [1.29, 1.82) is 0 Å². The number of thiophene rings is 1. The number of carbonyl (C=O) groups excluding carboxylic acids is 2. The normalized spacial score (nSPS) is 17.7. The van der Waals surface area contributed by atoms with Gasteiger partial charge in [0.15, 0.2) is 0 Å². The first-order valence-corrected chi connectivity index (χ1v) is 13.7. The topological polar surface area (TPSA) is 59.1 Å². The molecule has 8 heteroatoms. The molecule has 7 nitrogen and oxygen atoms in total. The number of anilines is 1. The molecule has 2 saturated heterocycles. The van der Waals surface area contributed by atoms with Crippen molar-refractivity contribution in [3.8, 4) is 0 Å². The average molecular weight is 498 g/mol. The molecule has 0 spiro atoms. The van der Waals surface area contributed by atoms with Crippen molar-refractivity contribution < 1.29 is 9.59 Å². The molecular weight excluding hydrogens is 458 g/mol. The van der Waals surface area contributed by atoms with Crippen molar-refractivity contribution in [2.24, 2.45) is 0 Å². The summed E-state index contributed by atoms with van der Waals surface area (Å²) < 4.78 is 0. The third-order valence-corrected chi connectivity index (χ3v) is 7.87. The Kier molecular flexibility index (Phi) is 9.18. The van der Waals surface area contributed by atoms with E-state index >= 15 is 0 Å². The Balaban J connectivity index is 1.27. The molecule has 0 unspecified atom stereocenters. The molecule has 0 bridgehead atoms. The number of rotatable bonds is 9. The van der Waals surface area contributed by atoms with Crippen LogP contribution in [0.25, 0.3) is 0 Å². The van der Waals surface area contributed by atoms with Gasteiger partial charge in [-0.2, -0.15) is 0 Å². The molecule has 35 heavy (non-hydrogen) atoms. The Hall–Kier alpha value is -2.42. The number of piperidine rings is 1. The van der Waals surface area contributed by atoms with Gasteiger partial charge in [-0.25, -0.2) is 0 Å². The van der Waals surface area contributed by atoms with Gasteiger partial charge >= 0.3 is 0 Å². The molecule has 0 atom stereocenters. The van der Waals surface area contributed by atoms with Crippen molar-refractivity contribution in [3.05, 3.63) is 52.2 Å². The van der Waals surface area contributed by atoms with E-state index in [0.717, 1.165) is 87.7 Å². The minimum absolute atomic E-state index is 0.0994. The van der Waals surface area contributed by atoms with Gasteiger partial charge in [-0.05, 0) is 70.0 Å². The molecule has 0 radical (unpaired) electrons. The Bertz CT molecular complexity index is 948. The first-order valence-electron chi connectivity index (χ1n) is 12.8. The van der Waals surface area contributed by atoms with Crippen LogP contribution in [0.15, 0.2) is 41.8 Å². The highest BCUT2D eigenvalue weighted by Gasteiger charge is 2.27. The Labute approximate surface area is 213 Å². The first kappa shape index (κ1) is 25.7. The molecule has 3 heterocycles. The molecule has 190 valence electrons. The zero-order chi connectivity index (χ0) is 24.6. The Morgan fingerprint density at radius 3 is 2.43 bits per heavy atom. The number of piperazine rings is 1. The SMILES string of the molecule is CN(C)CCCN1CCN(C(=O)c2ccccc2N2CCC(NC(=O)Cc3cccs3)CC2)CC1. The second-order valence-corrected chi connectivity index (χ2v) is 10.9. The van der Waals surface area contributed by atoms with Gasteiger partial charge in [-0.3, -0.25) is 14.5 Å². The fourth-order valence-corrected chi connectivity index (χ4v) is 5.70. The van der Waals surface area contributed by atoms with Crippen LogP contribution in [-0.4, -0.2) is 99.0 Å². The predicted octanol–water partition coefficient (Wildman–Crippen LogP) is 2.79. The van der Waals surface area contributed by atoms with Gasteiger partial charge in [0, 0.05) is 55.9 Å². The molecule has 1 aromatic heterocycles. The number of para-hydroxylation sites is 1. The van der Waals surface area contributed by atoms with Crippen molar-refractivity contribution in [1.82, 2.24) is 20.0 Å². The number of carbonyl (C=O) groups is 2. The van der Waals surface area contributed by atoms with Crippen LogP contribution in [0.2, 0.25) is 0 Å². The molecule has 0 saturated carbocycles. The summed E-state index contributed by atoms with van der Waals surface area (Å²) in [6.45, 7) is 7.33. The highest BCUT2D eigenvalue weighted by molar-refractivity contribution is 7.10. The third kappa shape index (κ3) is 7.29. The van der Waals surface area contributed by atoms with Crippen molar-refractivity contribution in [2.75, 3.05) is 71.4 Å². The van der Waals surface area contributed by atoms with E-state index in [9.17, 15) is 9.59 Å². The molecular formula is C27H39N5O2S. The van der Waals surface area contributed by atoms with Gasteiger partial charge in [0.05, 0.1) is 12.0 Å². The third-order valence-electron chi connectivity index (χ3n) is 6.99. The van der Waals surface area contributed by atoms with Gasteiger partial charge in [0.2, 0.25) is 5.91 Å². The molecule has 4 rings (SSSR count). The minimum Gasteiger partial charge on any atom is -0.371 e. The summed E-state index contributed by atoms with van der Waals surface area (Å²) in [7, 11) is 4.22. The van der Waals surface area contributed by atoms with E-state index in [2.05, 4.69) is 40.2 Å². The quantitative estimate of drug-likeness (QED) is 0.577. The second kappa shape index (κ2) is 12.5. The number of nitrogens with one attached hydrogen (secondary N) is 1. The summed E-state index contributed by atoms with van der Waals surface area (Å²) in [5.74, 6) is 0.238. The van der Waals surface area contributed by atoms with Crippen LogP contribution in [0.5, 0.6) is 0 Å². The zero-order valence-electron chi connectivity index (χ0n) is 21.1. The van der Waals surface area contributed by atoms with Crippen molar-refractivity contribution in [3.63, 3.8) is 0 Å². The first-order chi connectivity index (χ1) is 17.0. The van der Waals surface area contributed by atoms with Gasteiger partial charge in [-0.15, -0.1) is 11.3 Å². The fraction of sp³-hybridized carbons (Fsp3) is 0.556. The van der Waals surface area contributed by atoms with Crippen LogP contribution < -0.4 is 10.2 Å². The maximum absolute atomic E-state index is 13.5. The predicted molar refractivity (Wildman–Crippen MR) is 143 cm³/mol. The molecule has 0 aliphatic carbocycles. The number of amides is 2. The lowest BCUT2D eigenvalue weighted by molar-refractivity contribution is -0.121. The minimum atomic E-state index is 0.0994. The van der Waals surface area contributed by atoms with Crippen LogP contribution >= 0.6 is 11.3 Å². The molecule has 1 aromatic carbocycles. The van der Waals surface area contributed by atoms with Crippen LogP contribution in [0, 0.1) is 0 Å². The average Bonchev–Trinajstić information content (AvgIpc) is 3.37. The summed E-state index contributed by atoms with van der Waals surface area (Å²) in [5.41, 5.74) is 1.82. The van der Waals surface area contributed by atoms with E-state index in [1.54, 1.807) is 11.3 Å². The Morgan fingerprint density at radius 2 is 1.74 bits per heavy atom. The van der Waals surface area contributed by atoms with E-state index in [4.69, 9.17) is 0 Å². The summed E-state index contributed by atoms with van der Waals surface area (Å²) in [5, 5.41) is 5.21. The monoisotopic (exact) mass is 497 g/mol. The highest BCUT2D eigenvalue weighted by Crippen LogP contribution is 2.26. The van der Waals surface area contributed by atoms with Gasteiger partial charge in [0.25, 0.3) is 5.91 Å². The molecule has 2 aliphatic heterocycles. The van der Waals surface area contributed by atoms with Crippen LogP contribution in [0.3, 0.4) is 0 Å². The number of nitrogens with zero attached hydrogens (tertiary/aromatic N) is 4. The van der Waals surface area contributed by atoms with E-state index in [1.807, 2.05) is 40.6 Å². The summed E-state index contributed by atoms with van der Waals surface area (Å²) in [6.07, 6.45) is 3.40.